The highest BCUT2D eigenvalue weighted by molar-refractivity contribution is 6.07. The molecule has 0 aromatic heterocycles. The minimum Gasteiger partial charge on any atom is -0.506 e. The average molecular weight is 503 g/mol. The zero-order valence-corrected chi connectivity index (χ0v) is 21.1. The molecule has 0 aliphatic carbocycles. The second kappa shape index (κ2) is 10.8. The number of ether oxygens (including phenoxy) is 1. The largest absolute Gasteiger partial charge is 0.506 e. The Labute approximate surface area is 214 Å². The van der Waals surface area contributed by atoms with Crippen molar-refractivity contribution in [2.24, 2.45) is 0 Å². The number of carboxylic acid groups (broad SMARTS) is 2. The summed E-state index contributed by atoms with van der Waals surface area (Å²) in [6.07, 6.45) is 0. The highest BCUT2D eigenvalue weighted by Crippen LogP contribution is 2.45. The number of phenols is 1. The molecule has 8 nitrogen and oxygen atoms in total. The molecule has 0 fully saturated rings. The van der Waals surface area contributed by atoms with Crippen LogP contribution in [-0.2, 0) is 0 Å². The fraction of sp³-hybridized carbons (Fsp3) is 0.241. The van der Waals surface area contributed by atoms with Gasteiger partial charge in [-0.1, -0.05) is 38.1 Å². The predicted octanol–water partition coefficient (Wildman–Crippen LogP) is 5.58. The molecule has 4 rings (SSSR count). The van der Waals surface area contributed by atoms with Crippen molar-refractivity contribution >= 4 is 44.9 Å². The first kappa shape index (κ1) is 25.8. The van der Waals surface area contributed by atoms with E-state index >= 15 is 0 Å². The highest BCUT2D eigenvalue weighted by Gasteiger charge is 2.21. The number of nitrogens with zero attached hydrogens (tertiary/aromatic N) is 2. The first-order valence-electron chi connectivity index (χ1n) is 12.1. The topological polar surface area (TPSA) is 111 Å². The van der Waals surface area contributed by atoms with Gasteiger partial charge < -0.3 is 29.9 Å². The molecule has 0 atom stereocenters. The summed E-state index contributed by atoms with van der Waals surface area (Å²) in [5.74, 6) is -1.44. The van der Waals surface area contributed by atoms with E-state index in [2.05, 4.69) is 18.7 Å². The molecule has 4 aromatic carbocycles. The third kappa shape index (κ3) is 5.15. The van der Waals surface area contributed by atoms with Gasteiger partial charge in [0, 0.05) is 24.4 Å². The molecule has 0 unspecified atom stereocenters. The lowest BCUT2D eigenvalue weighted by Crippen LogP contribution is -2.28. The fourth-order valence-electron chi connectivity index (χ4n) is 4.61. The summed E-state index contributed by atoms with van der Waals surface area (Å²) in [5.41, 5.74) is 1.47. The zero-order chi connectivity index (χ0) is 26.7. The Morgan fingerprint density at radius 2 is 1.32 bits per heavy atom. The quantitative estimate of drug-likeness (QED) is 0.258. The molecule has 0 amide bonds. The summed E-state index contributed by atoms with van der Waals surface area (Å²) in [4.78, 5) is 27.1. The molecule has 0 saturated heterocycles. The molecular weight excluding hydrogens is 472 g/mol. The molecule has 4 aromatic rings. The Hall–Kier alpha value is -4.30. The minimum atomic E-state index is -1.03. The Bertz CT molecular complexity index is 1480. The Balaban J connectivity index is 1.87. The number of likely N-dealkylation sites (N-methyl/N-ethyl adjacent to an activating group) is 1. The third-order valence-corrected chi connectivity index (χ3v) is 6.65. The van der Waals surface area contributed by atoms with Gasteiger partial charge in [0.2, 0.25) is 0 Å². The van der Waals surface area contributed by atoms with Gasteiger partial charge in [0.15, 0.2) is 0 Å². The van der Waals surface area contributed by atoms with Gasteiger partial charge in [-0.2, -0.15) is 0 Å². The summed E-state index contributed by atoms with van der Waals surface area (Å²) in [6.45, 7) is 7.19. The SMILES string of the molecule is CCN(CC)CCOc1ccc2cc(C(=O)O)ccc2c1N(C)c1c(O)ccc2cc(C(=O)O)ccc12. The average Bonchev–Trinajstić information content (AvgIpc) is 2.89. The minimum absolute atomic E-state index is 0.0197. The van der Waals surface area contributed by atoms with E-state index in [1.807, 2.05) is 17.0 Å². The Morgan fingerprint density at radius 1 is 0.784 bits per heavy atom. The van der Waals surface area contributed by atoms with Crippen LogP contribution in [0.1, 0.15) is 34.6 Å². The second-order valence-corrected chi connectivity index (χ2v) is 8.76. The second-order valence-electron chi connectivity index (χ2n) is 8.76. The van der Waals surface area contributed by atoms with Gasteiger partial charge in [-0.25, -0.2) is 9.59 Å². The summed E-state index contributed by atoms with van der Waals surface area (Å²) < 4.78 is 6.24. The number of aromatic carboxylic acids is 2. The standard InChI is InChI=1S/C29H30N2O6/c1-4-31(5-2)14-15-37-25-13-9-19-17-21(29(35)36)7-11-23(19)27(25)30(3)26-22-10-6-20(28(33)34)16-18(22)8-12-24(26)32/h6-13,16-17,32H,4-5,14-15H2,1-3H3,(H,33,34)(H,35,36). The molecule has 0 radical (unpaired) electrons. The van der Waals surface area contributed by atoms with Crippen molar-refractivity contribution in [2.45, 2.75) is 13.8 Å². The number of carbonyl (C=O) groups is 2. The van der Waals surface area contributed by atoms with Crippen LogP contribution < -0.4 is 9.64 Å². The first-order chi connectivity index (χ1) is 17.7. The lowest BCUT2D eigenvalue weighted by molar-refractivity contribution is 0.0686. The summed E-state index contributed by atoms with van der Waals surface area (Å²) in [6, 6.07) is 16.5. The highest BCUT2D eigenvalue weighted by atomic mass is 16.5. The number of phenolic OH excluding ortho intramolecular Hbond substituents is 1. The number of rotatable bonds is 10. The normalized spacial score (nSPS) is 11.2. The number of fused-ring (bicyclic) bond motifs is 2. The maximum Gasteiger partial charge on any atom is 0.335 e. The van der Waals surface area contributed by atoms with Crippen molar-refractivity contribution in [1.29, 1.82) is 0 Å². The Kier molecular flexibility index (Phi) is 7.50. The molecule has 0 spiro atoms. The molecule has 3 N–H and O–H groups in total. The molecular formula is C29H30N2O6. The number of benzene rings is 4. The van der Waals surface area contributed by atoms with Crippen molar-refractivity contribution in [2.75, 3.05) is 38.2 Å². The molecule has 192 valence electrons. The van der Waals surface area contributed by atoms with Gasteiger partial charge in [0.05, 0.1) is 22.5 Å². The number of hydrogen-bond donors (Lipinski definition) is 3. The van der Waals surface area contributed by atoms with Crippen molar-refractivity contribution < 1.29 is 29.6 Å². The van der Waals surface area contributed by atoms with E-state index in [0.717, 1.165) is 25.0 Å². The molecule has 0 aliphatic heterocycles. The fourth-order valence-corrected chi connectivity index (χ4v) is 4.61. The maximum atomic E-state index is 11.6. The smallest absolute Gasteiger partial charge is 0.335 e. The molecule has 8 heteroatoms. The predicted molar refractivity (Wildman–Crippen MR) is 145 cm³/mol. The van der Waals surface area contributed by atoms with Crippen LogP contribution in [0.5, 0.6) is 11.5 Å². The number of anilines is 2. The molecule has 37 heavy (non-hydrogen) atoms. The third-order valence-electron chi connectivity index (χ3n) is 6.65. The number of carboxylic acids is 2. The maximum absolute atomic E-state index is 11.6. The van der Waals surface area contributed by atoms with Gasteiger partial charge >= 0.3 is 11.9 Å². The summed E-state index contributed by atoms with van der Waals surface area (Å²) in [5, 5.41) is 32.6. The van der Waals surface area contributed by atoms with E-state index in [9.17, 15) is 24.9 Å². The zero-order valence-electron chi connectivity index (χ0n) is 21.1. The van der Waals surface area contributed by atoms with Crippen LogP contribution in [-0.4, -0.2) is 65.4 Å². The van der Waals surface area contributed by atoms with Crippen LogP contribution in [0.4, 0.5) is 11.4 Å². The van der Waals surface area contributed by atoms with E-state index in [4.69, 9.17) is 4.74 Å². The molecule has 0 heterocycles. The van der Waals surface area contributed by atoms with Gasteiger partial charge in [-0.3, -0.25) is 0 Å². The lowest BCUT2D eigenvalue weighted by Gasteiger charge is -2.27. The van der Waals surface area contributed by atoms with Crippen LogP contribution in [0.15, 0.2) is 60.7 Å². The van der Waals surface area contributed by atoms with Crippen molar-refractivity contribution in [1.82, 2.24) is 4.90 Å². The van der Waals surface area contributed by atoms with Gasteiger partial charge in [-0.05, 0) is 60.3 Å². The van der Waals surface area contributed by atoms with E-state index in [-0.39, 0.29) is 16.9 Å². The summed E-state index contributed by atoms with van der Waals surface area (Å²) >= 11 is 0. The lowest BCUT2D eigenvalue weighted by atomic mass is 10.0. The number of aromatic hydroxyl groups is 1. The summed E-state index contributed by atoms with van der Waals surface area (Å²) in [7, 11) is 1.80. The van der Waals surface area contributed by atoms with Crippen LogP contribution in [0.25, 0.3) is 21.5 Å². The van der Waals surface area contributed by atoms with E-state index in [1.165, 1.54) is 12.1 Å². The molecule has 0 saturated carbocycles. The van der Waals surface area contributed by atoms with E-state index in [0.29, 0.717) is 39.9 Å². The number of hydrogen-bond acceptors (Lipinski definition) is 6. The van der Waals surface area contributed by atoms with Crippen molar-refractivity contribution in [3.8, 4) is 11.5 Å². The van der Waals surface area contributed by atoms with Crippen LogP contribution in [0.3, 0.4) is 0 Å². The Morgan fingerprint density at radius 3 is 1.86 bits per heavy atom. The van der Waals surface area contributed by atoms with Crippen molar-refractivity contribution in [3.05, 3.63) is 71.8 Å². The van der Waals surface area contributed by atoms with Crippen LogP contribution in [0.2, 0.25) is 0 Å². The van der Waals surface area contributed by atoms with Gasteiger partial charge in [0.25, 0.3) is 0 Å². The molecule has 0 bridgehead atoms. The monoisotopic (exact) mass is 502 g/mol. The van der Waals surface area contributed by atoms with E-state index < -0.39 is 11.9 Å². The molecule has 0 aliphatic rings. The first-order valence-corrected chi connectivity index (χ1v) is 12.1. The van der Waals surface area contributed by atoms with E-state index in [1.54, 1.807) is 43.4 Å². The van der Waals surface area contributed by atoms with Gasteiger partial charge in [-0.15, -0.1) is 0 Å². The van der Waals surface area contributed by atoms with Crippen LogP contribution >= 0.6 is 0 Å². The van der Waals surface area contributed by atoms with Crippen molar-refractivity contribution in [3.63, 3.8) is 0 Å². The van der Waals surface area contributed by atoms with Crippen LogP contribution in [0, 0.1) is 0 Å². The van der Waals surface area contributed by atoms with Gasteiger partial charge in [0.1, 0.15) is 18.1 Å².